The van der Waals surface area contributed by atoms with Crippen molar-refractivity contribution in [2.75, 3.05) is 53.4 Å². The van der Waals surface area contributed by atoms with Gasteiger partial charge in [-0.15, -0.1) is 0 Å². The van der Waals surface area contributed by atoms with Crippen LogP contribution in [0.1, 0.15) is 16.8 Å². The Labute approximate surface area is 233 Å². The van der Waals surface area contributed by atoms with E-state index in [0.29, 0.717) is 48.3 Å². The summed E-state index contributed by atoms with van der Waals surface area (Å²) in [6, 6.07) is 19.2. The Balaban J connectivity index is 1.49. The minimum absolute atomic E-state index is 0.00178. The highest BCUT2D eigenvalue weighted by atomic mass is 35.5. The van der Waals surface area contributed by atoms with Crippen LogP contribution in [-0.4, -0.2) is 84.7 Å². The number of piperidine rings is 1. The minimum Gasteiger partial charge on any atom is -0.455 e. The summed E-state index contributed by atoms with van der Waals surface area (Å²) in [7, 11) is 4.05. The second-order valence-corrected chi connectivity index (χ2v) is 11.4. The number of hydrogen-bond acceptors (Lipinski definition) is 4. The molecule has 0 bridgehead atoms. The summed E-state index contributed by atoms with van der Waals surface area (Å²) < 4.78 is 23.9. The van der Waals surface area contributed by atoms with Gasteiger partial charge >= 0.3 is 0 Å². The number of carbonyl (C=O) groups is 1. The number of amides is 1. The van der Waals surface area contributed by atoms with Gasteiger partial charge < -0.3 is 24.0 Å². The lowest BCUT2D eigenvalue weighted by molar-refractivity contribution is 0.0664. The van der Waals surface area contributed by atoms with Crippen molar-refractivity contribution in [1.29, 1.82) is 0 Å². The quantitative estimate of drug-likeness (QED) is 0.310. The van der Waals surface area contributed by atoms with Crippen molar-refractivity contribution < 1.29 is 13.9 Å². The summed E-state index contributed by atoms with van der Waals surface area (Å²) in [4.78, 5) is 19.9. The van der Waals surface area contributed by atoms with E-state index in [-0.39, 0.29) is 11.8 Å². The van der Waals surface area contributed by atoms with Crippen LogP contribution in [0.15, 0.2) is 60.7 Å². The van der Waals surface area contributed by atoms with Crippen molar-refractivity contribution >= 4 is 39.3 Å². The Morgan fingerprint density at radius 1 is 0.949 bits per heavy atom. The van der Waals surface area contributed by atoms with E-state index < -0.39 is 6.17 Å². The molecule has 0 unspecified atom stereocenters. The van der Waals surface area contributed by atoms with Crippen LogP contribution < -0.4 is 4.74 Å². The maximum Gasteiger partial charge on any atom is 0.254 e. The number of hydrogen-bond donors (Lipinski definition) is 0. The number of likely N-dealkylation sites (tertiary alicyclic amines) is 1. The van der Waals surface area contributed by atoms with Crippen LogP contribution in [0.3, 0.4) is 0 Å². The van der Waals surface area contributed by atoms with Gasteiger partial charge in [-0.2, -0.15) is 0 Å². The molecule has 39 heavy (non-hydrogen) atoms. The van der Waals surface area contributed by atoms with Crippen LogP contribution in [-0.2, 0) is 6.54 Å². The zero-order valence-electron chi connectivity index (χ0n) is 22.4. The number of nitrogens with zero attached hydrogens (tertiary/aromatic N) is 4. The molecular formula is C31H34ClFN4O2. The molecule has 3 heterocycles. The van der Waals surface area contributed by atoms with Gasteiger partial charge in [0.15, 0.2) is 5.75 Å². The summed E-state index contributed by atoms with van der Waals surface area (Å²) in [6.45, 7) is 4.94. The smallest absolute Gasteiger partial charge is 0.254 e. The van der Waals surface area contributed by atoms with Crippen molar-refractivity contribution in [2.45, 2.75) is 19.1 Å². The van der Waals surface area contributed by atoms with E-state index in [1.54, 1.807) is 12.1 Å². The summed E-state index contributed by atoms with van der Waals surface area (Å²) in [5, 5.41) is 2.60. The molecule has 0 radical (unpaired) electrons. The predicted molar refractivity (Wildman–Crippen MR) is 155 cm³/mol. The van der Waals surface area contributed by atoms with Gasteiger partial charge in [-0.25, -0.2) is 4.39 Å². The van der Waals surface area contributed by atoms with Crippen LogP contribution >= 0.6 is 11.6 Å². The van der Waals surface area contributed by atoms with E-state index in [2.05, 4.69) is 33.5 Å². The van der Waals surface area contributed by atoms with Gasteiger partial charge in [-0.1, -0.05) is 29.8 Å². The molecule has 2 aliphatic rings. The van der Waals surface area contributed by atoms with Crippen molar-refractivity contribution in [3.63, 3.8) is 0 Å². The highest BCUT2D eigenvalue weighted by molar-refractivity contribution is 6.30. The van der Waals surface area contributed by atoms with Crippen LogP contribution in [0.4, 0.5) is 4.39 Å². The predicted octanol–water partition coefficient (Wildman–Crippen LogP) is 5.92. The number of aromatic nitrogens is 1. The molecule has 1 amide bonds. The van der Waals surface area contributed by atoms with Crippen LogP contribution in [0.2, 0.25) is 5.02 Å². The molecule has 6 nitrogen and oxygen atoms in total. The maximum atomic E-state index is 15.2. The minimum atomic E-state index is -0.904. The van der Waals surface area contributed by atoms with Gasteiger partial charge in [-0.3, -0.25) is 4.79 Å². The van der Waals surface area contributed by atoms with Gasteiger partial charge in [0.2, 0.25) is 0 Å². The number of alkyl halides is 1. The number of rotatable bonds is 5. The molecule has 6 rings (SSSR count). The summed E-state index contributed by atoms with van der Waals surface area (Å²) in [5.41, 5.74) is 2.50. The van der Waals surface area contributed by atoms with Gasteiger partial charge in [0, 0.05) is 72.1 Å². The van der Waals surface area contributed by atoms with Crippen molar-refractivity contribution in [2.24, 2.45) is 5.92 Å². The monoisotopic (exact) mass is 548 g/mol. The van der Waals surface area contributed by atoms with Crippen molar-refractivity contribution in [3.05, 3.63) is 71.2 Å². The molecule has 4 aromatic rings. The molecular weight excluding hydrogens is 515 g/mol. The third kappa shape index (κ3) is 5.23. The van der Waals surface area contributed by atoms with Gasteiger partial charge in [0.1, 0.15) is 11.9 Å². The first-order chi connectivity index (χ1) is 18.9. The van der Waals surface area contributed by atoms with E-state index in [0.717, 1.165) is 47.9 Å². The number of likely N-dealkylation sites (N-methyl/N-ethyl adjacent to an activating group) is 1. The van der Waals surface area contributed by atoms with Gasteiger partial charge in [0.05, 0.1) is 5.52 Å². The molecule has 0 N–H and O–H groups in total. The first kappa shape index (κ1) is 26.1. The maximum absolute atomic E-state index is 15.2. The largest absolute Gasteiger partial charge is 0.455 e. The van der Waals surface area contributed by atoms with Crippen molar-refractivity contribution in [3.8, 4) is 11.5 Å². The van der Waals surface area contributed by atoms with E-state index in [1.807, 2.05) is 48.3 Å². The molecule has 0 aliphatic carbocycles. The fourth-order valence-corrected chi connectivity index (χ4v) is 6.03. The standard InChI is InChI=1S/C31H34ClFN4O2/c1-34-13-15-36(16-14-34)31(38)22-17-26-25-5-3-4-6-28(25)37(19-21-11-12-35(2)20-27(21)33)30(26)29(18-22)39-24-9-7-23(32)8-10-24/h3-10,17-18,21,27H,11-16,19-20H2,1-2H3/t21-,27-/m0/s1. The molecule has 204 valence electrons. The highest BCUT2D eigenvalue weighted by Gasteiger charge is 2.30. The molecule has 2 fully saturated rings. The fraction of sp³-hybridized carbons (Fsp3) is 0.387. The Hall–Kier alpha value is -3.13. The zero-order valence-corrected chi connectivity index (χ0v) is 23.2. The lowest BCUT2D eigenvalue weighted by Gasteiger charge is -2.33. The molecule has 8 heteroatoms. The molecule has 3 aromatic carbocycles. The third-order valence-corrected chi connectivity index (χ3v) is 8.46. The number of para-hydroxylation sites is 1. The Morgan fingerprint density at radius 3 is 2.44 bits per heavy atom. The van der Waals surface area contributed by atoms with E-state index in [9.17, 15) is 4.79 Å². The summed E-state index contributed by atoms with van der Waals surface area (Å²) >= 11 is 6.13. The van der Waals surface area contributed by atoms with Crippen LogP contribution in [0, 0.1) is 5.92 Å². The van der Waals surface area contributed by atoms with Crippen LogP contribution in [0.25, 0.3) is 21.8 Å². The molecule has 0 spiro atoms. The fourth-order valence-electron chi connectivity index (χ4n) is 5.91. The first-order valence-corrected chi connectivity index (χ1v) is 14.0. The molecule has 2 atom stereocenters. The summed E-state index contributed by atoms with van der Waals surface area (Å²) in [6.07, 6.45) is -0.113. The third-order valence-electron chi connectivity index (χ3n) is 8.21. The molecule has 1 aromatic heterocycles. The van der Waals surface area contributed by atoms with Crippen molar-refractivity contribution in [1.82, 2.24) is 19.3 Å². The second-order valence-electron chi connectivity index (χ2n) is 11.0. The average molecular weight is 549 g/mol. The Bertz CT molecular complexity index is 1500. The number of carbonyl (C=O) groups excluding carboxylic acids is 1. The zero-order chi connectivity index (χ0) is 27.1. The van der Waals surface area contributed by atoms with Gasteiger partial charge in [-0.05, 0) is 69.5 Å². The lowest BCUT2D eigenvalue weighted by atomic mass is 9.95. The average Bonchev–Trinajstić information content (AvgIpc) is 3.25. The molecule has 2 aliphatic heterocycles. The number of piperazine rings is 1. The first-order valence-electron chi connectivity index (χ1n) is 13.7. The van der Waals surface area contributed by atoms with E-state index >= 15 is 4.39 Å². The Morgan fingerprint density at radius 2 is 1.69 bits per heavy atom. The Kier molecular flexibility index (Phi) is 7.23. The van der Waals surface area contributed by atoms with E-state index in [1.165, 1.54) is 0 Å². The number of benzene rings is 3. The van der Waals surface area contributed by atoms with Crippen LogP contribution in [0.5, 0.6) is 11.5 Å². The number of ether oxygens (including phenoxy) is 1. The number of halogens is 2. The molecule has 0 saturated carbocycles. The highest BCUT2D eigenvalue weighted by Crippen LogP contribution is 2.40. The lowest BCUT2D eigenvalue weighted by Crippen LogP contribution is -2.47. The topological polar surface area (TPSA) is 41.0 Å². The normalized spacial score (nSPS) is 21.1. The summed E-state index contributed by atoms with van der Waals surface area (Å²) in [5.74, 6) is 1.12. The SMILES string of the molecule is CN1CCN(C(=O)c2cc(Oc3ccc(Cl)cc3)c3c(c2)c2ccccc2n3C[C@@H]2CCN(C)C[C@@H]2F)CC1. The molecule has 2 saturated heterocycles. The van der Waals surface area contributed by atoms with E-state index in [4.69, 9.17) is 16.3 Å². The number of fused-ring (bicyclic) bond motifs is 3. The van der Waals surface area contributed by atoms with Gasteiger partial charge in [0.25, 0.3) is 5.91 Å². The second kappa shape index (κ2) is 10.8.